The van der Waals surface area contributed by atoms with E-state index in [9.17, 15) is 4.39 Å². The Balaban J connectivity index is 0.00000235. The summed E-state index contributed by atoms with van der Waals surface area (Å²) in [6, 6.07) is 22.5. The van der Waals surface area contributed by atoms with Crippen molar-refractivity contribution in [1.82, 2.24) is 5.32 Å². The molecule has 3 aromatic carbocycles. The van der Waals surface area contributed by atoms with Gasteiger partial charge in [-0.25, -0.2) is 4.39 Å². The maximum atomic E-state index is 14.1. The fourth-order valence-corrected chi connectivity index (χ4v) is 3.66. The fraction of sp³-hybridized carbons (Fsp3) is 0.281. The molecule has 0 saturated carbocycles. The van der Waals surface area contributed by atoms with Gasteiger partial charge in [-0.3, -0.25) is 4.99 Å². The smallest absolute Gasteiger partial charge is 0.131 e. The van der Waals surface area contributed by atoms with E-state index in [4.69, 9.17) is 10.7 Å². The standard InChI is InChI=1S/C30H35FN4.C2H6/c1-4-19-33-29-18-17-25(31)20-27(29)23(3)35-30(26-15-8-9-16-28(26)32)34-21-22(2)11-10-14-24-12-6-5-7-13-24;1-2/h5-18,20,23,33H,4,19,21,32H2,1-3H3,(H,34,35);1-2H3/b14-10-,22-11+;. The zero-order valence-corrected chi connectivity index (χ0v) is 22.8. The molecule has 0 spiro atoms. The first kappa shape index (κ1) is 29.4. The summed E-state index contributed by atoms with van der Waals surface area (Å²) in [4.78, 5) is 4.87. The van der Waals surface area contributed by atoms with Crippen LogP contribution in [0.5, 0.6) is 0 Å². The molecule has 3 aromatic rings. The summed E-state index contributed by atoms with van der Waals surface area (Å²) in [5, 5.41) is 6.88. The normalized spacial score (nSPS) is 12.6. The highest BCUT2D eigenvalue weighted by molar-refractivity contribution is 6.03. The summed E-state index contributed by atoms with van der Waals surface area (Å²) in [5.41, 5.74) is 11.8. The molecule has 0 aliphatic rings. The van der Waals surface area contributed by atoms with Crippen LogP contribution in [-0.2, 0) is 0 Å². The van der Waals surface area contributed by atoms with E-state index in [0.29, 0.717) is 18.1 Å². The molecule has 0 bridgehead atoms. The molecule has 0 radical (unpaired) electrons. The van der Waals surface area contributed by atoms with E-state index in [-0.39, 0.29) is 11.9 Å². The number of hydrogen-bond acceptors (Lipinski definition) is 3. The van der Waals surface area contributed by atoms with Gasteiger partial charge in [0.25, 0.3) is 0 Å². The second-order valence-corrected chi connectivity index (χ2v) is 8.56. The van der Waals surface area contributed by atoms with Gasteiger partial charge >= 0.3 is 0 Å². The Hall–Kier alpha value is -3.86. The number of allylic oxidation sites excluding steroid dienone is 2. The maximum absolute atomic E-state index is 14.1. The molecule has 0 amide bonds. The van der Waals surface area contributed by atoms with Gasteiger partial charge in [0.2, 0.25) is 0 Å². The summed E-state index contributed by atoms with van der Waals surface area (Å²) in [6.07, 6.45) is 7.14. The molecule has 3 rings (SSSR count). The number of anilines is 2. The third kappa shape index (κ3) is 9.60. The number of hydrogen-bond donors (Lipinski definition) is 3. The van der Waals surface area contributed by atoms with Crippen molar-refractivity contribution in [3.8, 4) is 0 Å². The van der Waals surface area contributed by atoms with E-state index in [1.54, 1.807) is 12.1 Å². The van der Waals surface area contributed by atoms with E-state index >= 15 is 0 Å². The number of halogens is 1. The molecule has 4 nitrogen and oxygen atoms in total. The molecule has 1 atom stereocenters. The van der Waals surface area contributed by atoms with Crippen molar-refractivity contribution in [3.63, 3.8) is 0 Å². The van der Waals surface area contributed by atoms with Gasteiger partial charge in [0.1, 0.15) is 11.7 Å². The van der Waals surface area contributed by atoms with Crippen LogP contribution in [0.2, 0.25) is 0 Å². The lowest BCUT2D eigenvalue weighted by Crippen LogP contribution is -2.29. The molecule has 5 heteroatoms. The van der Waals surface area contributed by atoms with Crippen LogP contribution in [0.1, 0.15) is 63.8 Å². The number of amidine groups is 1. The number of benzene rings is 3. The lowest BCUT2D eigenvalue weighted by molar-refractivity contribution is 0.618. The molecule has 196 valence electrons. The van der Waals surface area contributed by atoms with Crippen LogP contribution in [0.25, 0.3) is 6.08 Å². The minimum atomic E-state index is -0.266. The van der Waals surface area contributed by atoms with Crippen molar-refractivity contribution < 1.29 is 4.39 Å². The van der Waals surface area contributed by atoms with Crippen molar-refractivity contribution in [1.29, 1.82) is 0 Å². The third-order valence-electron chi connectivity index (χ3n) is 5.57. The van der Waals surface area contributed by atoms with Gasteiger partial charge in [-0.05, 0) is 56.2 Å². The zero-order chi connectivity index (χ0) is 27.0. The lowest BCUT2D eigenvalue weighted by atomic mass is 10.0. The minimum Gasteiger partial charge on any atom is -0.398 e. The quantitative estimate of drug-likeness (QED) is 0.114. The zero-order valence-electron chi connectivity index (χ0n) is 22.8. The number of nitrogens with one attached hydrogen (secondary N) is 2. The Morgan fingerprint density at radius 3 is 2.43 bits per heavy atom. The Kier molecular flexibility index (Phi) is 12.7. The monoisotopic (exact) mass is 500 g/mol. The minimum absolute atomic E-state index is 0.189. The number of rotatable bonds is 10. The largest absolute Gasteiger partial charge is 0.398 e. The van der Waals surface area contributed by atoms with E-state index in [1.165, 1.54) is 6.07 Å². The van der Waals surface area contributed by atoms with Gasteiger partial charge in [-0.15, -0.1) is 0 Å². The predicted molar refractivity (Wildman–Crippen MR) is 160 cm³/mol. The molecule has 0 aromatic heterocycles. The van der Waals surface area contributed by atoms with Gasteiger partial charge in [0.05, 0.1) is 12.6 Å². The Morgan fingerprint density at radius 1 is 1.03 bits per heavy atom. The van der Waals surface area contributed by atoms with Crippen LogP contribution in [0, 0.1) is 5.82 Å². The van der Waals surface area contributed by atoms with E-state index in [0.717, 1.165) is 40.9 Å². The average Bonchev–Trinajstić information content (AvgIpc) is 2.92. The van der Waals surface area contributed by atoms with Crippen molar-refractivity contribution in [2.75, 3.05) is 24.1 Å². The van der Waals surface area contributed by atoms with Crippen LogP contribution in [-0.4, -0.2) is 18.9 Å². The van der Waals surface area contributed by atoms with Crippen LogP contribution in [0.15, 0.2) is 95.5 Å². The number of nitrogens with two attached hydrogens (primary N) is 1. The summed E-state index contributed by atoms with van der Waals surface area (Å²) in [6.45, 7) is 11.5. The Morgan fingerprint density at radius 2 is 1.73 bits per heavy atom. The Bertz CT molecular complexity index is 1180. The molecule has 37 heavy (non-hydrogen) atoms. The predicted octanol–water partition coefficient (Wildman–Crippen LogP) is 8.01. The first-order valence-electron chi connectivity index (χ1n) is 13.1. The molecule has 0 aliphatic carbocycles. The molecular weight excluding hydrogens is 459 g/mol. The number of nitrogens with zero attached hydrogens (tertiary/aromatic N) is 1. The second kappa shape index (κ2) is 16.0. The molecule has 0 fully saturated rings. The summed E-state index contributed by atoms with van der Waals surface area (Å²) in [5.74, 6) is 0.415. The van der Waals surface area contributed by atoms with Crippen LogP contribution < -0.4 is 16.4 Å². The highest BCUT2D eigenvalue weighted by atomic mass is 19.1. The summed E-state index contributed by atoms with van der Waals surface area (Å²) in [7, 11) is 0. The van der Waals surface area contributed by atoms with Crippen LogP contribution >= 0.6 is 0 Å². The van der Waals surface area contributed by atoms with Crippen molar-refractivity contribution in [2.45, 2.75) is 47.1 Å². The van der Waals surface area contributed by atoms with Gasteiger partial charge in [-0.2, -0.15) is 0 Å². The first-order valence-corrected chi connectivity index (χ1v) is 13.1. The van der Waals surface area contributed by atoms with E-state index < -0.39 is 0 Å². The number of nitrogen functional groups attached to an aromatic ring is 1. The molecule has 0 heterocycles. The molecule has 0 aliphatic heterocycles. The van der Waals surface area contributed by atoms with Crippen LogP contribution in [0.4, 0.5) is 15.8 Å². The highest BCUT2D eigenvalue weighted by Gasteiger charge is 2.16. The number of aliphatic imine (C=N–C) groups is 1. The Labute approximate surface area is 222 Å². The lowest BCUT2D eigenvalue weighted by Gasteiger charge is -2.22. The molecule has 0 saturated heterocycles. The topological polar surface area (TPSA) is 62.4 Å². The fourth-order valence-electron chi connectivity index (χ4n) is 3.66. The molecule has 4 N–H and O–H groups in total. The van der Waals surface area contributed by atoms with Crippen LogP contribution in [0.3, 0.4) is 0 Å². The SMILES string of the molecule is CC.CCCNc1ccc(F)cc1C(C)NC(=NC/C(C)=C/C=C\c1ccccc1)c1ccccc1N. The highest BCUT2D eigenvalue weighted by Crippen LogP contribution is 2.25. The number of para-hydroxylation sites is 1. The van der Waals surface area contributed by atoms with Crippen molar-refractivity contribution in [2.24, 2.45) is 4.99 Å². The second-order valence-electron chi connectivity index (χ2n) is 8.56. The van der Waals surface area contributed by atoms with E-state index in [1.807, 2.05) is 76.2 Å². The molecule has 1 unspecified atom stereocenters. The summed E-state index contributed by atoms with van der Waals surface area (Å²) >= 11 is 0. The van der Waals surface area contributed by atoms with Gasteiger partial charge in [0, 0.05) is 29.0 Å². The van der Waals surface area contributed by atoms with Crippen molar-refractivity contribution >= 4 is 23.3 Å². The van der Waals surface area contributed by atoms with Gasteiger partial charge in [-0.1, -0.05) is 87.0 Å². The average molecular weight is 501 g/mol. The van der Waals surface area contributed by atoms with E-state index in [2.05, 4.69) is 41.8 Å². The van der Waals surface area contributed by atoms with Gasteiger partial charge < -0.3 is 16.4 Å². The first-order chi connectivity index (χ1) is 18.0. The molecular formula is C32H41FN4. The maximum Gasteiger partial charge on any atom is 0.131 e. The summed E-state index contributed by atoms with van der Waals surface area (Å²) < 4.78 is 14.1. The van der Waals surface area contributed by atoms with Crippen molar-refractivity contribution in [3.05, 3.63) is 113 Å². The third-order valence-corrected chi connectivity index (χ3v) is 5.57. The van der Waals surface area contributed by atoms with Gasteiger partial charge in [0.15, 0.2) is 0 Å².